The number of benzene rings is 1. The van der Waals surface area contributed by atoms with Crippen molar-refractivity contribution in [2.45, 2.75) is 44.4 Å². The van der Waals surface area contributed by atoms with E-state index in [1.54, 1.807) is 6.20 Å². The van der Waals surface area contributed by atoms with Crippen LogP contribution in [-0.2, 0) is 4.79 Å². The van der Waals surface area contributed by atoms with Crippen molar-refractivity contribution in [1.29, 1.82) is 0 Å². The van der Waals surface area contributed by atoms with Gasteiger partial charge in [-0.1, -0.05) is 30.0 Å². The van der Waals surface area contributed by atoms with E-state index in [0.29, 0.717) is 11.8 Å². The summed E-state index contributed by atoms with van der Waals surface area (Å²) in [5.74, 6) is 0.473. The lowest BCUT2D eigenvalue weighted by atomic mass is 10.2. The Morgan fingerprint density at radius 1 is 1.40 bits per heavy atom. The molecule has 25 heavy (non-hydrogen) atoms. The summed E-state index contributed by atoms with van der Waals surface area (Å²) in [4.78, 5) is 19.1. The minimum atomic E-state index is 0.0833. The third-order valence-corrected chi connectivity index (χ3v) is 5.60. The Kier molecular flexibility index (Phi) is 5.81. The van der Waals surface area contributed by atoms with E-state index in [4.69, 9.17) is 0 Å². The van der Waals surface area contributed by atoms with Crippen molar-refractivity contribution in [1.82, 2.24) is 19.8 Å². The molecule has 1 fully saturated rings. The average molecular weight is 359 g/mol. The molecule has 1 saturated heterocycles. The summed E-state index contributed by atoms with van der Waals surface area (Å²) in [6.45, 7) is 8.49. The van der Waals surface area contributed by atoms with E-state index in [2.05, 4.69) is 48.1 Å². The number of nitrogens with zero attached hydrogens (tertiary/aromatic N) is 3. The van der Waals surface area contributed by atoms with E-state index in [-0.39, 0.29) is 11.9 Å². The van der Waals surface area contributed by atoms with Crippen LogP contribution < -0.4 is 5.32 Å². The summed E-state index contributed by atoms with van der Waals surface area (Å²) < 4.78 is 2.04. The number of amides is 1. The second-order valence-electron chi connectivity index (χ2n) is 6.80. The summed E-state index contributed by atoms with van der Waals surface area (Å²) >= 11 is 1.48. The number of hydrogen-bond acceptors (Lipinski definition) is 4. The molecule has 1 amide bonds. The fraction of sp³-hybridized carbons (Fsp3) is 0.474. The third kappa shape index (κ3) is 4.44. The number of aromatic nitrogens is 2. The molecule has 0 aliphatic carbocycles. The second-order valence-corrected chi connectivity index (χ2v) is 7.74. The van der Waals surface area contributed by atoms with Crippen LogP contribution >= 0.6 is 11.8 Å². The first-order valence-corrected chi connectivity index (χ1v) is 9.78. The highest BCUT2D eigenvalue weighted by Gasteiger charge is 2.25. The Hall–Kier alpha value is -1.79. The maximum atomic E-state index is 12.3. The quantitative estimate of drug-likeness (QED) is 0.807. The zero-order valence-electron chi connectivity index (χ0n) is 15.1. The van der Waals surface area contributed by atoms with Gasteiger partial charge >= 0.3 is 0 Å². The lowest BCUT2D eigenvalue weighted by molar-refractivity contribution is -0.119. The van der Waals surface area contributed by atoms with Gasteiger partial charge in [0.1, 0.15) is 0 Å². The van der Waals surface area contributed by atoms with Crippen molar-refractivity contribution in [2.24, 2.45) is 0 Å². The van der Waals surface area contributed by atoms with E-state index in [0.717, 1.165) is 30.4 Å². The highest BCUT2D eigenvalue weighted by atomic mass is 32.2. The summed E-state index contributed by atoms with van der Waals surface area (Å²) in [6.07, 6.45) is 4.76. The fourth-order valence-corrected chi connectivity index (χ4v) is 3.96. The smallest absolute Gasteiger partial charge is 0.230 e. The molecule has 0 bridgehead atoms. The van der Waals surface area contributed by atoms with E-state index < -0.39 is 0 Å². The van der Waals surface area contributed by atoms with Crippen LogP contribution in [0, 0.1) is 6.92 Å². The summed E-state index contributed by atoms with van der Waals surface area (Å²) in [5.41, 5.74) is 2.29. The number of carbonyl (C=O) groups excluding carboxylic acids is 1. The third-order valence-electron chi connectivity index (χ3n) is 4.63. The lowest BCUT2D eigenvalue weighted by Crippen LogP contribution is -2.39. The van der Waals surface area contributed by atoms with Crippen LogP contribution in [0.2, 0.25) is 0 Å². The number of para-hydroxylation sites is 1. The van der Waals surface area contributed by atoms with E-state index in [1.807, 2.05) is 22.9 Å². The maximum Gasteiger partial charge on any atom is 0.230 e. The van der Waals surface area contributed by atoms with Crippen LogP contribution in [0.3, 0.4) is 0 Å². The first-order valence-electron chi connectivity index (χ1n) is 8.80. The average Bonchev–Trinajstić information content (AvgIpc) is 3.22. The second kappa shape index (κ2) is 8.06. The molecule has 2 aromatic rings. The number of thioether (sulfide) groups is 1. The molecule has 1 aliphatic heterocycles. The number of aryl methyl sites for hydroxylation is 1. The first kappa shape index (κ1) is 18.0. The number of hydrogen-bond donors (Lipinski definition) is 1. The van der Waals surface area contributed by atoms with Gasteiger partial charge in [-0.25, -0.2) is 4.98 Å². The van der Waals surface area contributed by atoms with Crippen molar-refractivity contribution < 1.29 is 4.79 Å². The predicted octanol–water partition coefficient (Wildman–Crippen LogP) is 2.87. The normalized spacial score (nSPS) is 18.0. The van der Waals surface area contributed by atoms with Crippen molar-refractivity contribution in [2.75, 3.05) is 18.8 Å². The SMILES string of the molecule is Cc1ccccc1-n1ccnc1SCC(=O)NC1CCN(C(C)C)C1. The standard InChI is InChI=1S/C19H26N4OS/c1-14(2)22-10-8-16(12-22)21-18(24)13-25-19-20-9-11-23(19)17-7-5-4-6-15(17)3/h4-7,9,11,14,16H,8,10,12-13H2,1-3H3,(H,21,24). The molecule has 5 nitrogen and oxygen atoms in total. The molecule has 2 heterocycles. The lowest BCUT2D eigenvalue weighted by Gasteiger charge is -2.20. The van der Waals surface area contributed by atoms with Crippen LogP contribution in [0.25, 0.3) is 5.69 Å². The van der Waals surface area contributed by atoms with Gasteiger partial charge in [0.2, 0.25) is 5.91 Å². The molecule has 1 aromatic heterocycles. The highest BCUT2D eigenvalue weighted by molar-refractivity contribution is 7.99. The number of likely N-dealkylation sites (tertiary alicyclic amines) is 1. The number of nitrogens with one attached hydrogen (secondary N) is 1. The van der Waals surface area contributed by atoms with Crippen molar-refractivity contribution in [3.63, 3.8) is 0 Å². The molecule has 6 heteroatoms. The molecule has 0 radical (unpaired) electrons. The molecule has 1 atom stereocenters. The van der Waals surface area contributed by atoms with Crippen LogP contribution in [-0.4, -0.2) is 51.3 Å². The van der Waals surface area contributed by atoms with E-state index >= 15 is 0 Å². The topological polar surface area (TPSA) is 50.2 Å². The molecule has 1 aromatic carbocycles. The minimum absolute atomic E-state index is 0.0833. The first-order chi connectivity index (χ1) is 12.0. The van der Waals surface area contributed by atoms with Crippen LogP contribution in [0.4, 0.5) is 0 Å². The van der Waals surface area contributed by atoms with Crippen molar-refractivity contribution in [3.05, 3.63) is 42.2 Å². The molecule has 1 N–H and O–H groups in total. The van der Waals surface area contributed by atoms with Crippen molar-refractivity contribution in [3.8, 4) is 5.69 Å². The van der Waals surface area contributed by atoms with Gasteiger partial charge in [0.05, 0.1) is 11.4 Å². The largest absolute Gasteiger partial charge is 0.351 e. The van der Waals surface area contributed by atoms with Gasteiger partial charge in [-0.2, -0.15) is 0 Å². The fourth-order valence-electron chi connectivity index (χ4n) is 3.19. The summed E-state index contributed by atoms with van der Waals surface area (Å²) in [5, 5.41) is 4.01. The van der Waals surface area contributed by atoms with Gasteiger partial charge in [0.25, 0.3) is 0 Å². The predicted molar refractivity (Wildman–Crippen MR) is 102 cm³/mol. The minimum Gasteiger partial charge on any atom is -0.351 e. The molecule has 0 spiro atoms. The maximum absolute atomic E-state index is 12.3. The number of rotatable bonds is 6. The highest BCUT2D eigenvalue weighted by Crippen LogP contribution is 2.22. The molecule has 1 unspecified atom stereocenters. The molecule has 1 aliphatic rings. The summed E-state index contributed by atoms with van der Waals surface area (Å²) in [7, 11) is 0. The molecule has 134 valence electrons. The van der Waals surface area contributed by atoms with Crippen LogP contribution in [0.5, 0.6) is 0 Å². The number of imidazole rings is 1. The Balaban J connectivity index is 1.55. The molecular weight excluding hydrogens is 332 g/mol. The molecule has 0 saturated carbocycles. The summed E-state index contributed by atoms with van der Waals surface area (Å²) in [6, 6.07) is 9.00. The van der Waals surface area contributed by atoms with E-state index in [9.17, 15) is 4.79 Å². The molecule has 3 rings (SSSR count). The van der Waals surface area contributed by atoms with Gasteiger partial charge in [-0.15, -0.1) is 0 Å². The zero-order valence-corrected chi connectivity index (χ0v) is 15.9. The van der Waals surface area contributed by atoms with Crippen LogP contribution in [0.15, 0.2) is 41.8 Å². The van der Waals surface area contributed by atoms with Crippen LogP contribution in [0.1, 0.15) is 25.8 Å². The van der Waals surface area contributed by atoms with Crippen molar-refractivity contribution >= 4 is 17.7 Å². The van der Waals surface area contributed by atoms with Gasteiger partial charge in [0.15, 0.2) is 5.16 Å². The van der Waals surface area contributed by atoms with Gasteiger partial charge in [-0.3, -0.25) is 14.3 Å². The zero-order chi connectivity index (χ0) is 17.8. The molecular formula is C19H26N4OS. The van der Waals surface area contributed by atoms with E-state index in [1.165, 1.54) is 17.3 Å². The Morgan fingerprint density at radius 2 is 2.20 bits per heavy atom. The number of carbonyl (C=O) groups is 1. The van der Waals surface area contributed by atoms with Gasteiger partial charge < -0.3 is 5.32 Å². The Labute approximate surface area is 153 Å². The Bertz CT molecular complexity index is 728. The van der Waals surface area contributed by atoms with Gasteiger partial charge in [-0.05, 0) is 38.8 Å². The monoisotopic (exact) mass is 358 g/mol. The van der Waals surface area contributed by atoms with Gasteiger partial charge in [0, 0.05) is 37.6 Å². The Morgan fingerprint density at radius 3 is 2.92 bits per heavy atom.